The molecule has 3 aromatic rings. The van der Waals surface area contributed by atoms with Crippen molar-refractivity contribution < 1.29 is 4.79 Å². The third-order valence-electron chi connectivity index (χ3n) is 3.63. The molecule has 0 atom stereocenters. The molecule has 3 rings (SSSR count). The molecule has 0 bridgehead atoms. The smallest absolute Gasteiger partial charge is 0.190 e. The summed E-state index contributed by atoms with van der Waals surface area (Å²) in [6.45, 7) is 0. The van der Waals surface area contributed by atoms with Crippen molar-refractivity contribution in [2.75, 3.05) is 0 Å². The molecule has 0 fully saturated rings. The molecule has 0 aliphatic rings. The molecular formula is C21H17OP. The molecule has 0 radical (unpaired) electrons. The maximum absolute atomic E-state index is 12.3. The van der Waals surface area contributed by atoms with Gasteiger partial charge in [-0.2, -0.15) is 0 Å². The summed E-state index contributed by atoms with van der Waals surface area (Å²) in [5.41, 5.74) is 3.35. The molecule has 0 heterocycles. The van der Waals surface area contributed by atoms with Gasteiger partial charge in [-0.15, -0.1) is 0 Å². The van der Waals surface area contributed by atoms with Gasteiger partial charge in [-0.25, -0.2) is 0 Å². The van der Waals surface area contributed by atoms with E-state index >= 15 is 0 Å². The van der Waals surface area contributed by atoms with Crippen LogP contribution in [-0.4, -0.2) is 11.6 Å². The molecule has 0 saturated heterocycles. The molecule has 112 valence electrons. The summed E-state index contributed by atoms with van der Waals surface area (Å²) in [5, 5.41) is 0. The maximum atomic E-state index is 12.3. The van der Waals surface area contributed by atoms with Crippen LogP contribution in [0.4, 0.5) is 0 Å². The van der Waals surface area contributed by atoms with E-state index in [9.17, 15) is 4.79 Å². The lowest BCUT2D eigenvalue weighted by Crippen LogP contribution is -2.00. The Bertz CT molecular complexity index is 740. The van der Waals surface area contributed by atoms with Crippen LogP contribution in [0.2, 0.25) is 0 Å². The first-order valence-corrected chi connectivity index (χ1v) is 8.60. The predicted octanol–water partition coefficient (Wildman–Crippen LogP) is 5.41. The number of rotatable bonds is 5. The Morgan fingerprint density at radius 3 is 1.61 bits per heavy atom. The third kappa shape index (κ3) is 4.03. The Hall–Kier alpha value is -2.50. The molecule has 0 amide bonds. The molecule has 0 aromatic heterocycles. The van der Waals surface area contributed by atoms with Crippen molar-refractivity contribution >= 4 is 19.8 Å². The topological polar surface area (TPSA) is 17.1 Å². The Balaban J connectivity index is 1.91. The van der Waals surface area contributed by atoms with Gasteiger partial charge in [-0.1, -0.05) is 99.2 Å². The van der Waals surface area contributed by atoms with Gasteiger partial charge < -0.3 is 0 Å². The van der Waals surface area contributed by atoms with Gasteiger partial charge in [-0.3, -0.25) is 4.79 Å². The van der Waals surface area contributed by atoms with Gasteiger partial charge >= 0.3 is 0 Å². The lowest BCUT2D eigenvalue weighted by molar-refractivity contribution is 0.107. The molecule has 0 unspecified atom stereocenters. The summed E-state index contributed by atoms with van der Waals surface area (Å²) in [4.78, 5) is 12.3. The minimum atomic E-state index is 0.0733. The normalized spacial score (nSPS) is 11.0. The van der Waals surface area contributed by atoms with Crippen LogP contribution in [0, 0.1) is 0 Å². The Kier molecular flexibility index (Phi) is 5.13. The fraction of sp³-hybridized carbons (Fsp3) is 0.0476. The molecule has 0 aliphatic carbocycles. The van der Waals surface area contributed by atoms with Gasteiger partial charge in [0.2, 0.25) is 0 Å². The van der Waals surface area contributed by atoms with Crippen molar-refractivity contribution in [3.8, 4) is 0 Å². The van der Waals surface area contributed by atoms with E-state index in [0.717, 1.165) is 13.8 Å². The van der Waals surface area contributed by atoms with Crippen LogP contribution in [0.15, 0.2) is 91.0 Å². The van der Waals surface area contributed by atoms with E-state index in [0.29, 0.717) is 0 Å². The second-order valence-corrected chi connectivity index (χ2v) is 6.31. The number of hydrogen-bond acceptors (Lipinski definition) is 1. The zero-order valence-electron chi connectivity index (χ0n) is 12.7. The standard InChI is InChI=1S/C21H17OP/c22-20(17-10-4-1-5-11-17)16-23-21(18-12-6-2-7-13-18)19-14-8-3-9-15-19/h1-16,21H. The highest BCUT2D eigenvalue weighted by molar-refractivity contribution is 7.42. The highest BCUT2D eigenvalue weighted by Crippen LogP contribution is 2.34. The number of ketones is 1. The zero-order chi connectivity index (χ0) is 15.9. The Labute approximate surface area is 138 Å². The summed E-state index contributed by atoms with van der Waals surface area (Å²) in [7, 11) is 0.983. The molecule has 0 saturated carbocycles. The average Bonchev–Trinajstić information content (AvgIpc) is 2.64. The van der Waals surface area contributed by atoms with Crippen LogP contribution >= 0.6 is 8.20 Å². The lowest BCUT2D eigenvalue weighted by Gasteiger charge is -2.13. The molecule has 0 N–H and O–H groups in total. The van der Waals surface area contributed by atoms with Crippen molar-refractivity contribution in [3.05, 3.63) is 108 Å². The molecule has 23 heavy (non-hydrogen) atoms. The van der Waals surface area contributed by atoms with Gasteiger partial charge in [0.25, 0.3) is 0 Å². The first-order valence-electron chi connectivity index (χ1n) is 7.57. The van der Waals surface area contributed by atoms with Gasteiger partial charge in [0.05, 0.1) is 5.66 Å². The summed E-state index contributed by atoms with van der Waals surface area (Å²) < 4.78 is 0. The highest BCUT2D eigenvalue weighted by atomic mass is 31.1. The average molecular weight is 316 g/mol. The number of Topliss-reactive ketones (excluding diaryl/α,β-unsaturated/α-hetero) is 1. The summed E-state index contributed by atoms with van der Waals surface area (Å²) >= 11 is 0. The van der Waals surface area contributed by atoms with Crippen LogP contribution in [-0.2, 0) is 0 Å². The number of carbonyl (C=O) groups is 1. The van der Waals surface area contributed by atoms with Crippen molar-refractivity contribution in [2.45, 2.75) is 5.66 Å². The maximum Gasteiger partial charge on any atom is 0.190 e. The predicted molar refractivity (Wildman–Crippen MR) is 98.5 cm³/mol. The first kappa shape index (κ1) is 15.4. The van der Waals surface area contributed by atoms with Crippen LogP contribution in [0.1, 0.15) is 27.1 Å². The second kappa shape index (κ2) is 7.67. The minimum Gasteiger partial charge on any atom is -0.289 e. The molecule has 1 nitrogen and oxygen atoms in total. The van der Waals surface area contributed by atoms with E-state index in [1.807, 2.05) is 66.7 Å². The molecule has 0 aliphatic heterocycles. The van der Waals surface area contributed by atoms with Crippen LogP contribution in [0.25, 0.3) is 0 Å². The van der Waals surface area contributed by atoms with E-state index in [4.69, 9.17) is 0 Å². The first-order chi connectivity index (χ1) is 11.3. The van der Waals surface area contributed by atoms with Crippen LogP contribution < -0.4 is 0 Å². The SMILES string of the molecule is O=C(/C=P/C(c1ccccc1)c1ccccc1)c1ccccc1. The number of hydrogen-bond donors (Lipinski definition) is 0. The summed E-state index contributed by atoms with van der Waals surface area (Å²) in [6, 6.07) is 30.1. The number of benzene rings is 3. The van der Waals surface area contributed by atoms with Gasteiger partial charge in [0.1, 0.15) is 0 Å². The quantitative estimate of drug-likeness (QED) is 0.454. The molecule has 0 spiro atoms. The third-order valence-corrected chi connectivity index (χ3v) is 4.91. The summed E-state index contributed by atoms with van der Waals surface area (Å²) in [5.74, 6) is 1.85. The summed E-state index contributed by atoms with van der Waals surface area (Å²) in [6.07, 6.45) is 0. The van der Waals surface area contributed by atoms with Crippen LogP contribution in [0.3, 0.4) is 0 Å². The van der Waals surface area contributed by atoms with Crippen molar-refractivity contribution in [3.63, 3.8) is 0 Å². The van der Waals surface area contributed by atoms with E-state index in [2.05, 4.69) is 24.3 Å². The monoisotopic (exact) mass is 316 g/mol. The van der Waals surface area contributed by atoms with E-state index < -0.39 is 0 Å². The molecule has 3 aromatic carbocycles. The fourth-order valence-corrected chi connectivity index (χ4v) is 3.58. The van der Waals surface area contributed by atoms with Crippen molar-refractivity contribution in [1.29, 1.82) is 0 Å². The number of carbonyl (C=O) groups excluding carboxylic acids is 1. The Morgan fingerprint density at radius 2 is 1.13 bits per heavy atom. The lowest BCUT2D eigenvalue weighted by atomic mass is 10.0. The molecule has 2 heteroatoms. The van der Waals surface area contributed by atoms with Gasteiger partial charge in [0, 0.05) is 11.4 Å². The van der Waals surface area contributed by atoms with E-state index in [-0.39, 0.29) is 11.4 Å². The van der Waals surface area contributed by atoms with E-state index in [1.54, 1.807) is 5.80 Å². The van der Waals surface area contributed by atoms with Gasteiger partial charge in [0.15, 0.2) is 5.78 Å². The van der Waals surface area contributed by atoms with E-state index in [1.165, 1.54) is 11.1 Å². The zero-order valence-corrected chi connectivity index (χ0v) is 13.6. The minimum absolute atomic E-state index is 0.0733. The van der Waals surface area contributed by atoms with Crippen molar-refractivity contribution in [1.82, 2.24) is 0 Å². The fourth-order valence-electron chi connectivity index (χ4n) is 2.45. The second-order valence-electron chi connectivity index (χ2n) is 5.23. The van der Waals surface area contributed by atoms with Crippen LogP contribution in [0.5, 0.6) is 0 Å². The largest absolute Gasteiger partial charge is 0.289 e. The van der Waals surface area contributed by atoms with Gasteiger partial charge in [-0.05, 0) is 11.1 Å². The molecular weight excluding hydrogens is 299 g/mol. The van der Waals surface area contributed by atoms with Crippen molar-refractivity contribution in [2.24, 2.45) is 0 Å². The Morgan fingerprint density at radius 1 is 0.696 bits per heavy atom. The highest BCUT2D eigenvalue weighted by Gasteiger charge is 2.11.